The van der Waals surface area contributed by atoms with Gasteiger partial charge < -0.3 is 23.7 Å². The van der Waals surface area contributed by atoms with Crippen molar-refractivity contribution in [1.29, 1.82) is 0 Å². The van der Waals surface area contributed by atoms with Crippen molar-refractivity contribution in [2.24, 2.45) is 0 Å². The SMILES string of the molecule is CC(C)(C)OC(=O)N1CCC[C@H]1COc1ccc(B2OC(C)(C)C(C)(C)O2)cn1. The van der Waals surface area contributed by atoms with Gasteiger partial charge in [0.1, 0.15) is 12.2 Å². The Morgan fingerprint density at radius 2 is 1.90 bits per heavy atom. The second-order valence-corrected chi connectivity index (χ2v) is 9.80. The summed E-state index contributed by atoms with van der Waals surface area (Å²) in [6.07, 6.45) is 3.28. The highest BCUT2D eigenvalue weighted by Crippen LogP contribution is 2.36. The van der Waals surface area contributed by atoms with E-state index in [0.717, 1.165) is 18.3 Å². The Morgan fingerprint density at radius 3 is 2.45 bits per heavy atom. The van der Waals surface area contributed by atoms with E-state index in [1.807, 2.05) is 60.6 Å². The number of rotatable bonds is 4. The number of ether oxygens (including phenoxy) is 2. The van der Waals surface area contributed by atoms with Gasteiger partial charge in [-0.05, 0) is 67.4 Å². The summed E-state index contributed by atoms with van der Waals surface area (Å²) in [7, 11) is -0.445. The van der Waals surface area contributed by atoms with Crippen LogP contribution in [0.25, 0.3) is 0 Å². The van der Waals surface area contributed by atoms with E-state index in [1.165, 1.54) is 0 Å². The molecule has 2 aliphatic heterocycles. The van der Waals surface area contributed by atoms with E-state index in [0.29, 0.717) is 19.0 Å². The molecule has 8 heteroatoms. The summed E-state index contributed by atoms with van der Waals surface area (Å²) < 4.78 is 23.5. The van der Waals surface area contributed by atoms with Gasteiger partial charge in [-0.25, -0.2) is 9.78 Å². The molecule has 29 heavy (non-hydrogen) atoms. The monoisotopic (exact) mass is 404 g/mol. The Kier molecular flexibility index (Phi) is 5.89. The van der Waals surface area contributed by atoms with E-state index in [-0.39, 0.29) is 23.3 Å². The van der Waals surface area contributed by atoms with E-state index < -0.39 is 12.7 Å². The van der Waals surface area contributed by atoms with Crippen LogP contribution >= 0.6 is 0 Å². The zero-order chi connectivity index (χ0) is 21.4. The highest BCUT2D eigenvalue weighted by Gasteiger charge is 2.51. The van der Waals surface area contributed by atoms with E-state index >= 15 is 0 Å². The molecule has 1 atom stereocenters. The molecule has 2 aliphatic rings. The topological polar surface area (TPSA) is 70.1 Å². The summed E-state index contributed by atoms with van der Waals surface area (Å²) in [6.45, 7) is 14.8. The van der Waals surface area contributed by atoms with E-state index in [4.69, 9.17) is 18.8 Å². The van der Waals surface area contributed by atoms with E-state index in [1.54, 1.807) is 11.1 Å². The lowest BCUT2D eigenvalue weighted by molar-refractivity contribution is 0.00578. The molecule has 0 bridgehead atoms. The molecule has 0 aliphatic carbocycles. The third-order valence-electron chi connectivity index (χ3n) is 5.71. The van der Waals surface area contributed by atoms with Gasteiger partial charge >= 0.3 is 13.2 Å². The van der Waals surface area contributed by atoms with Gasteiger partial charge in [0.15, 0.2) is 0 Å². The second kappa shape index (κ2) is 7.80. The Bertz CT molecular complexity index is 714. The van der Waals surface area contributed by atoms with Crippen molar-refractivity contribution < 1.29 is 23.6 Å². The fourth-order valence-electron chi connectivity index (χ4n) is 3.35. The predicted octanol–water partition coefficient (Wildman–Crippen LogP) is 3.16. The summed E-state index contributed by atoms with van der Waals surface area (Å²) in [6, 6.07) is 3.71. The Balaban J connectivity index is 1.56. The summed E-state index contributed by atoms with van der Waals surface area (Å²) in [5.74, 6) is 0.515. The fraction of sp³-hybridized carbons (Fsp3) is 0.714. The maximum Gasteiger partial charge on any atom is 0.496 e. The highest BCUT2D eigenvalue weighted by molar-refractivity contribution is 6.62. The van der Waals surface area contributed by atoms with Crippen LogP contribution < -0.4 is 10.2 Å². The lowest BCUT2D eigenvalue weighted by atomic mass is 9.80. The molecule has 0 unspecified atom stereocenters. The van der Waals surface area contributed by atoms with Gasteiger partial charge in [0, 0.05) is 18.2 Å². The van der Waals surface area contributed by atoms with Crippen LogP contribution in [0.2, 0.25) is 0 Å². The molecule has 0 radical (unpaired) electrons. The van der Waals surface area contributed by atoms with Crippen molar-refractivity contribution in [1.82, 2.24) is 9.88 Å². The number of nitrogens with zero attached hydrogens (tertiary/aromatic N) is 2. The van der Waals surface area contributed by atoms with Crippen molar-refractivity contribution >= 4 is 18.7 Å². The zero-order valence-corrected chi connectivity index (χ0v) is 18.7. The molecule has 0 aromatic carbocycles. The molecule has 0 spiro atoms. The summed E-state index contributed by atoms with van der Waals surface area (Å²) >= 11 is 0. The van der Waals surface area contributed by atoms with Gasteiger partial charge in [-0.3, -0.25) is 0 Å². The van der Waals surface area contributed by atoms with Crippen molar-refractivity contribution in [2.75, 3.05) is 13.2 Å². The van der Waals surface area contributed by atoms with Crippen molar-refractivity contribution in [2.45, 2.75) is 84.2 Å². The van der Waals surface area contributed by atoms with Crippen LogP contribution in [0.1, 0.15) is 61.3 Å². The number of aromatic nitrogens is 1. The van der Waals surface area contributed by atoms with Crippen LogP contribution in [0.15, 0.2) is 18.3 Å². The Labute approximate surface area is 174 Å². The molecule has 160 valence electrons. The number of carbonyl (C=O) groups excluding carboxylic acids is 1. The Morgan fingerprint density at radius 1 is 1.24 bits per heavy atom. The van der Waals surface area contributed by atoms with Gasteiger partial charge in [-0.1, -0.05) is 6.07 Å². The van der Waals surface area contributed by atoms with Crippen molar-refractivity contribution in [3.8, 4) is 5.88 Å². The molecule has 1 aromatic heterocycles. The van der Waals surface area contributed by atoms with Gasteiger partial charge in [-0.15, -0.1) is 0 Å². The number of pyridine rings is 1. The first kappa shape index (κ1) is 21.9. The average Bonchev–Trinajstić information content (AvgIpc) is 3.14. The third-order valence-corrected chi connectivity index (χ3v) is 5.71. The zero-order valence-electron chi connectivity index (χ0n) is 18.7. The van der Waals surface area contributed by atoms with E-state index in [2.05, 4.69) is 4.98 Å². The number of likely N-dealkylation sites (tertiary alicyclic amines) is 1. The molecule has 2 fully saturated rings. The first-order chi connectivity index (χ1) is 13.4. The number of hydrogen-bond acceptors (Lipinski definition) is 6. The average molecular weight is 404 g/mol. The minimum atomic E-state index is -0.504. The molecular weight excluding hydrogens is 371 g/mol. The van der Waals surface area contributed by atoms with Crippen LogP contribution in [0, 0.1) is 0 Å². The molecule has 0 N–H and O–H groups in total. The molecule has 7 nitrogen and oxygen atoms in total. The minimum Gasteiger partial charge on any atom is -0.475 e. The molecule has 3 heterocycles. The molecule has 1 aromatic rings. The standard InChI is InChI=1S/C21H33BN2O5/c1-19(2,3)27-18(25)24-12-8-9-16(24)14-26-17-11-10-15(13-23-17)22-28-20(4,5)21(6,7)29-22/h10-11,13,16H,8-9,12,14H2,1-7H3/t16-/m0/s1. The van der Waals surface area contributed by atoms with Gasteiger partial charge in [0.05, 0.1) is 17.2 Å². The summed E-state index contributed by atoms with van der Waals surface area (Å²) in [5.41, 5.74) is -0.427. The molecule has 1 amide bonds. The highest BCUT2D eigenvalue weighted by atomic mass is 16.7. The smallest absolute Gasteiger partial charge is 0.475 e. The third kappa shape index (κ3) is 5.04. The molecule has 0 saturated carbocycles. The van der Waals surface area contributed by atoms with Gasteiger partial charge in [0.25, 0.3) is 0 Å². The first-order valence-corrected chi connectivity index (χ1v) is 10.3. The first-order valence-electron chi connectivity index (χ1n) is 10.3. The maximum absolute atomic E-state index is 12.4. The van der Waals surface area contributed by atoms with Crippen LogP contribution in [0.3, 0.4) is 0 Å². The largest absolute Gasteiger partial charge is 0.496 e. The van der Waals surface area contributed by atoms with Crippen LogP contribution in [0.5, 0.6) is 5.88 Å². The quantitative estimate of drug-likeness (QED) is 0.718. The molecule has 3 rings (SSSR count). The lowest BCUT2D eigenvalue weighted by Gasteiger charge is -2.32. The van der Waals surface area contributed by atoms with Gasteiger partial charge in [-0.2, -0.15) is 0 Å². The fourth-order valence-corrected chi connectivity index (χ4v) is 3.35. The Hall–Kier alpha value is -1.80. The van der Waals surface area contributed by atoms with Crippen LogP contribution in [-0.2, 0) is 14.0 Å². The number of amides is 1. The minimum absolute atomic E-state index is 0.00516. The second-order valence-electron chi connectivity index (χ2n) is 9.80. The van der Waals surface area contributed by atoms with Crippen LogP contribution in [0.4, 0.5) is 4.79 Å². The lowest BCUT2D eigenvalue weighted by Crippen LogP contribution is -2.42. The normalized spacial score (nSPS) is 23.3. The predicted molar refractivity (Wildman–Crippen MR) is 111 cm³/mol. The number of carbonyl (C=O) groups is 1. The summed E-state index contributed by atoms with van der Waals surface area (Å²) in [4.78, 5) is 18.5. The number of hydrogen-bond donors (Lipinski definition) is 0. The maximum atomic E-state index is 12.4. The van der Waals surface area contributed by atoms with E-state index in [9.17, 15) is 4.79 Å². The molecule has 2 saturated heterocycles. The van der Waals surface area contributed by atoms with Crippen LogP contribution in [-0.4, -0.2) is 59.1 Å². The summed E-state index contributed by atoms with van der Waals surface area (Å²) in [5, 5.41) is 0. The van der Waals surface area contributed by atoms with Gasteiger partial charge in [0.2, 0.25) is 5.88 Å². The molecular formula is C21H33BN2O5. The van der Waals surface area contributed by atoms with Crippen molar-refractivity contribution in [3.63, 3.8) is 0 Å². The van der Waals surface area contributed by atoms with Crippen molar-refractivity contribution in [3.05, 3.63) is 18.3 Å².